The summed E-state index contributed by atoms with van der Waals surface area (Å²) in [5, 5.41) is 0. The summed E-state index contributed by atoms with van der Waals surface area (Å²) >= 11 is 3.45. The molecule has 0 bridgehead atoms. The van der Waals surface area contributed by atoms with Crippen molar-refractivity contribution in [2.45, 2.75) is 27.1 Å². The van der Waals surface area contributed by atoms with E-state index in [1.54, 1.807) is 0 Å². The van der Waals surface area contributed by atoms with Gasteiger partial charge in [-0.25, -0.2) is 9.97 Å². The average molecular weight is 307 g/mol. The molecular weight excluding hydrogens is 292 g/mol. The van der Waals surface area contributed by atoms with Gasteiger partial charge in [-0.15, -0.1) is 0 Å². The van der Waals surface area contributed by atoms with Crippen LogP contribution in [0.2, 0.25) is 0 Å². The van der Waals surface area contributed by atoms with E-state index in [-0.39, 0.29) is 0 Å². The molecule has 0 spiro atoms. The largest absolute Gasteiger partial charge is 0.369 e. The van der Waals surface area contributed by atoms with E-state index >= 15 is 0 Å². The summed E-state index contributed by atoms with van der Waals surface area (Å²) in [5.74, 6) is 0.726. The van der Waals surface area contributed by atoms with E-state index in [9.17, 15) is 0 Å². The highest BCUT2D eigenvalue weighted by atomic mass is 79.9. The van der Waals surface area contributed by atoms with Gasteiger partial charge >= 0.3 is 0 Å². The molecule has 0 saturated carbocycles. The number of hydrogen-bond donors (Lipinski definition) is 0. The van der Waals surface area contributed by atoms with E-state index in [4.69, 9.17) is 4.74 Å². The van der Waals surface area contributed by atoms with Crippen molar-refractivity contribution < 1.29 is 4.74 Å². The van der Waals surface area contributed by atoms with E-state index in [1.807, 2.05) is 44.2 Å². The normalized spacial score (nSPS) is 10.6. The summed E-state index contributed by atoms with van der Waals surface area (Å²) in [5.41, 5.74) is 3.05. The third-order valence-electron chi connectivity index (χ3n) is 2.57. The number of ether oxygens (including phenoxy) is 1. The van der Waals surface area contributed by atoms with Gasteiger partial charge in [-0.2, -0.15) is 0 Å². The van der Waals surface area contributed by atoms with Gasteiger partial charge in [-0.05, 0) is 35.3 Å². The number of nitrogens with zero attached hydrogens (tertiary/aromatic N) is 2. The molecule has 0 saturated heterocycles. The van der Waals surface area contributed by atoms with Crippen molar-refractivity contribution >= 4 is 15.9 Å². The standard InChI is InChI=1S/C14H15BrN2O/c1-10-14(15)11(2)17-13(16-10)9-18-8-12-6-4-3-5-7-12/h3-7H,8-9H2,1-2H3. The Balaban J connectivity index is 1.95. The summed E-state index contributed by atoms with van der Waals surface area (Å²) in [7, 11) is 0. The van der Waals surface area contributed by atoms with Crippen LogP contribution in [0.5, 0.6) is 0 Å². The molecule has 0 atom stereocenters. The van der Waals surface area contributed by atoms with Crippen molar-refractivity contribution in [1.82, 2.24) is 9.97 Å². The molecule has 0 radical (unpaired) electrons. The Kier molecular flexibility index (Phi) is 4.44. The summed E-state index contributed by atoms with van der Waals surface area (Å²) in [6, 6.07) is 10.1. The average Bonchev–Trinajstić information content (AvgIpc) is 2.37. The first-order valence-corrected chi connectivity index (χ1v) is 6.57. The molecule has 2 rings (SSSR count). The molecule has 0 unspecified atom stereocenters. The molecule has 1 aromatic heterocycles. The van der Waals surface area contributed by atoms with Crippen LogP contribution in [0.4, 0.5) is 0 Å². The first kappa shape index (κ1) is 13.2. The van der Waals surface area contributed by atoms with E-state index in [1.165, 1.54) is 0 Å². The molecule has 1 aromatic carbocycles. The van der Waals surface area contributed by atoms with Crippen LogP contribution < -0.4 is 0 Å². The molecule has 1 heterocycles. The van der Waals surface area contributed by atoms with E-state index in [0.29, 0.717) is 13.2 Å². The third kappa shape index (κ3) is 3.37. The van der Waals surface area contributed by atoms with E-state index in [0.717, 1.165) is 27.2 Å². The Bertz CT molecular complexity index is 506. The lowest BCUT2D eigenvalue weighted by atomic mass is 10.2. The molecule has 94 valence electrons. The quantitative estimate of drug-likeness (QED) is 0.866. The highest BCUT2D eigenvalue weighted by Gasteiger charge is 2.05. The number of rotatable bonds is 4. The van der Waals surface area contributed by atoms with Crippen molar-refractivity contribution in [2.24, 2.45) is 0 Å². The van der Waals surface area contributed by atoms with Gasteiger partial charge in [-0.1, -0.05) is 30.3 Å². The zero-order valence-electron chi connectivity index (χ0n) is 10.5. The van der Waals surface area contributed by atoms with Gasteiger partial charge in [0, 0.05) is 0 Å². The molecule has 0 aliphatic heterocycles. The predicted octanol–water partition coefficient (Wildman–Crippen LogP) is 3.57. The number of benzene rings is 1. The monoisotopic (exact) mass is 306 g/mol. The molecule has 2 aromatic rings. The van der Waals surface area contributed by atoms with Gasteiger partial charge in [0.15, 0.2) is 5.82 Å². The minimum Gasteiger partial charge on any atom is -0.369 e. The van der Waals surface area contributed by atoms with Gasteiger partial charge in [-0.3, -0.25) is 0 Å². The predicted molar refractivity (Wildman–Crippen MR) is 74.1 cm³/mol. The summed E-state index contributed by atoms with van der Waals surface area (Å²) in [4.78, 5) is 8.76. The molecule has 4 heteroatoms. The molecule has 18 heavy (non-hydrogen) atoms. The maximum Gasteiger partial charge on any atom is 0.154 e. The van der Waals surface area contributed by atoms with Crippen LogP contribution in [0.15, 0.2) is 34.8 Å². The van der Waals surface area contributed by atoms with Gasteiger partial charge in [0.25, 0.3) is 0 Å². The Morgan fingerprint density at radius 1 is 1.00 bits per heavy atom. The highest BCUT2D eigenvalue weighted by Crippen LogP contribution is 2.17. The van der Waals surface area contributed by atoms with Crippen LogP contribution >= 0.6 is 15.9 Å². The topological polar surface area (TPSA) is 35.0 Å². The summed E-state index contributed by atoms with van der Waals surface area (Å²) in [6.07, 6.45) is 0. The molecule has 3 nitrogen and oxygen atoms in total. The Morgan fingerprint density at radius 3 is 2.22 bits per heavy atom. The first-order valence-electron chi connectivity index (χ1n) is 5.78. The van der Waals surface area contributed by atoms with E-state index < -0.39 is 0 Å². The Hall–Kier alpha value is -1.26. The van der Waals surface area contributed by atoms with Crippen molar-refractivity contribution in [2.75, 3.05) is 0 Å². The maximum absolute atomic E-state index is 5.62. The highest BCUT2D eigenvalue weighted by molar-refractivity contribution is 9.10. The second-order valence-corrected chi connectivity index (χ2v) is 4.90. The van der Waals surface area contributed by atoms with Crippen LogP contribution in [-0.2, 0) is 18.0 Å². The summed E-state index contributed by atoms with van der Waals surface area (Å²) < 4.78 is 6.58. The fourth-order valence-corrected chi connectivity index (χ4v) is 1.85. The van der Waals surface area contributed by atoms with Crippen molar-refractivity contribution in [3.05, 3.63) is 57.6 Å². The fourth-order valence-electron chi connectivity index (χ4n) is 1.67. The minimum absolute atomic E-state index is 0.434. The van der Waals surface area contributed by atoms with Crippen molar-refractivity contribution in [1.29, 1.82) is 0 Å². The van der Waals surface area contributed by atoms with Gasteiger partial charge in [0.05, 0.1) is 22.5 Å². The number of aromatic nitrogens is 2. The summed E-state index contributed by atoms with van der Waals surface area (Å²) in [6.45, 7) is 4.93. The zero-order valence-corrected chi connectivity index (χ0v) is 12.1. The first-order chi connectivity index (χ1) is 8.66. The zero-order chi connectivity index (χ0) is 13.0. The lowest BCUT2D eigenvalue weighted by Gasteiger charge is -2.07. The van der Waals surface area contributed by atoms with Crippen molar-refractivity contribution in [3.63, 3.8) is 0 Å². The van der Waals surface area contributed by atoms with Gasteiger partial charge in [0.2, 0.25) is 0 Å². The lowest BCUT2D eigenvalue weighted by molar-refractivity contribution is 0.101. The second-order valence-electron chi connectivity index (χ2n) is 4.10. The molecule has 0 fully saturated rings. The third-order valence-corrected chi connectivity index (χ3v) is 3.72. The second kappa shape index (κ2) is 6.07. The molecule has 0 N–H and O–H groups in total. The SMILES string of the molecule is Cc1nc(COCc2ccccc2)nc(C)c1Br. The van der Waals surface area contributed by atoms with Crippen molar-refractivity contribution in [3.8, 4) is 0 Å². The molecule has 0 aliphatic rings. The van der Waals surface area contributed by atoms with E-state index in [2.05, 4.69) is 25.9 Å². The Morgan fingerprint density at radius 2 is 1.61 bits per heavy atom. The van der Waals surface area contributed by atoms with Crippen LogP contribution in [-0.4, -0.2) is 9.97 Å². The van der Waals surface area contributed by atoms with Gasteiger partial charge in [0.1, 0.15) is 6.61 Å². The number of aryl methyl sites for hydroxylation is 2. The minimum atomic E-state index is 0.434. The molecule has 0 amide bonds. The maximum atomic E-state index is 5.62. The molecular formula is C14H15BrN2O. The van der Waals surface area contributed by atoms with Crippen LogP contribution in [0, 0.1) is 13.8 Å². The van der Waals surface area contributed by atoms with Crippen LogP contribution in [0.25, 0.3) is 0 Å². The fraction of sp³-hybridized carbons (Fsp3) is 0.286. The van der Waals surface area contributed by atoms with Crippen LogP contribution in [0.1, 0.15) is 22.8 Å². The Labute approximate surface area is 115 Å². The van der Waals surface area contributed by atoms with Crippen LogP contribution in [0.3, 0.4) is 0 Å². The number of hydrogen-bond acceptors (Lipinski definition) is 3. The smallest absolute Gasteiger partial charge is 0.154 e. The molecule has 0 aliphatic carbocycles. The lowest BCUT2D eigenvalue weighted by Crippen LogP contribution is -2.03. The number of halogens is 1. The van der Waals surface area contributed by atoms with Gasteiger partial charge < -0.3 is 4.74 Å².